The normalized spacial score (nSPS) is 19.0. The van der Waals surface area contributed by atoms with Gasteiger partial charge in [0.05, 0.1) is 17.1 Å². The number of non-ortho nitro benzene ring substituents is 1. The number of hydrogen-bond donors (Lipinski definition) is 1. The molecule has 0 fully saturated rings. The van der Waals surface area contributed by atoms with Crippen molar-refractivity contribution < 1.29 is 14.5 Å². The zero-order valence-corrected chi connectivity index (χ0v) is 14.4. The Morgan fingerprint density at radius 2 is 2.15 bits per heavy atom. The zero-order valence-electron chi connectivity index (χ0n) is 14.4. The topological polar surface area (TPSA) is 132 Å². The summed E-state index contributed by atoms with van der Waals surface area (Å²) in [5.74, 6) is -1.35. The number of aliphatic imine (C=N–C) groups is 1. The van der Waals surface area contributed by atoms with Crippen LogP contribution in [0.15, 0.2) is 34.1 Å². The van der Waals surface area contributed by atoms with Crippen LogP contribution in [0, 0.1) is 16.0 Å². The molecule has 2 unspecified atom stereocenters. The van der Waals surface area contributed by atoms with Gasteiger partial charge in [-0.1, -0.05) is 12.1 Å². The molecular formula is C16H17N5O5. The molecule has 10 nitrogen and oxygen atoms in total. The highest BCUT2D eigenvalue weighted by atomic mass is 16.6. The lowest BCUT2D eigenvalue weighted by atomic mass is 9.88. The number of hydrogen-bond acceptors (Lipinski definition) is 7. The Bertz CT molecular complexity index is 958. The maximum absolute atomic E-state index is 12.7. The molecule has 0 amide bonds. The molecule has 1 N–H and O–H groups in total. The lowest BCUT2D eigenvalue weighted by Gasteiger charge is -2.30. The van der Waals surface area contributed by atoms with Gasteiger partial charge in [-0.25, -0.2) is 14.9 Å². The van der Waals surface area contributed by atoms with Gasteiger partial charge in [0, 0.05) is 17.8 Å². The molecule has 2 heterocycles. The summed E-state index contributed by atoms with van der Waals surface area (Å²) in [6.45, 7) is 5.06. The highest BCUT2D eigenvalue weighted by Crippen LogP contribution is 2.36. The van der Waals surface area contributed by atoms with E-state index in [9.17, 15) is 19.7 Å². The Labute approximate surface area is 147 Å². The van der Waals surface area contributed by atoms with Gasteiger partial charge in [0.15, 0.2) is 0 Å². The highest BCUT2D eigenvalue weighted by molar-refractivity contribution is 6.03. The van der Waals surface area contributed by atoms with Crippen molar-refractivity contribution in [3.8, 4) is 0 Å². The fourth-order valence-corrected chi connectivity index (χ4v) is 3.00. The largest absolute Gasteiger partial charge is 0.462 e. The molecule has 0 saturated heterocycles. The van der Waals surface area contributed by atoms with Crippen LogP contribution in [-0.4, -0.2) is 37.5 Å². The number of carbonyl (C=O) groups is 1. The van der Waals surface area contributed by atoms with Crippen molar-refractivity contribution in [2.24, 2.45) is 10.9 Å². The van der Waals surface area contributed by atoms with Gasteiger partial charge in [-0.2, -0.15) is 0 Å². The number of esters is 1. The predicted molar refractivity (Wildman–Crippen MR) is 91.6 cm³/mol. The van der Waals surface area contributed by atoms with Crippen molar-refractivity contribution in [1.29, 1.82) is 0 Å². The van der Waals surface area contributed by atoms with E-state index in [1.54, 1.807) is 26.8 Å². The molecular weight excluding hydrogens is 342 g/mol. The second kappa shape index (κ2) is 6.54. The third-order valence-corrected chi connectivity index (χ3v) is 4.03. The molecule has 26 heavy (non-hydrogen) atoms. The predicted octanol–water partition coefficient (Wildman–Crippen LogP) is 1.74. The number of benzene rings is 1. The minimum atomic E-state index is -0.901. The highest BCUT2D eigenvalue weighted by Gasteiger charge is 2.41. The van der Waals surface area contributed by atoms with Crippen molar-refractivity contribution in [3.63, 3.8) is 0 Å². The van der Waals surface area contributed by atoms with E-state index in [-0.39, 0.29) is 17.7 Å². The van der Waals surface area contributed by atoms with Gasteiger partial charge < -0.3 is 4.74 Å². The molecule has 1 aromatic carbocycles. The molecule has 0 spiro atoms. The average Bonchev–Trinajstić information content (AvgIpc) is 2.93. The number of aromatic amines is 1. The van der Waals surface area contributed by atoms with Crippen molar-refractivity contribution in [3.05, 3.63) is 50.4 Å². The summed E-state index contributed by atoms with van der Waals surface area (Å²) in [5.41, 5.74) is 0.134. The van der Waals surface area contributed by atoms with E-state index < -0.39 is 28.5 Å². The van der Waals surface area contributed by atoms with Gasteiger partial charge >= 0.3 is 11.7 Å². The SMILES string of the molecule is CC1=Nc2n[nH]c(=O)n2C(c2cccc([N+](=O)[O-])c2)C1C(=O)OC(C)C. The zero-order chi connectivity index (χ0) is 19.0. The van der Waals surface area contributed by atoms with Crippen molar-refractivity contribution in [1.82, 2.24) is 14.8 Å². The summed E-state index contributed by atoms with van der Waals surface area (Å²) in [6.07, 6.45) is -0.358. The minimum Gasteiger partial charge on any atom is -0.462 e. The first kappa shape index (κ1) is 17.5. The number of aromatic nitrogens is 3. The van der Waals surface area contributed by atoms with Crippen LogP contribution in [0.5, 0.6) is 0 Å². The summed E-state index contributed by atoms with van der Waals surface area (Å²) in [6, 6.07) is 4.95. The van der Waals surface area contributed by atoms with Crippen LogP contribution in [0.2, 0.25) is 0 Å². The average molecular weight is 359 g/mol. The molecule has 1 aliphatic heterocycles. The second-order valence-corrected chi connectivity index (χ2v) is 6.21. The van der Waals surface area contributed by atoms with Crippen LogP contribution < -0.4 is 5.69 Å². The number of nitrogens with zero attached hydrogens (tertiary/aromatic N) is 4. The third-order valence-electron chi connectivity index (χ3n) is 4.03. The Hall–Kier alpha value is -3.30. The fraction of sp³-hybridized carbons (Fsp3) is 0.375. The van der Waals surface area contributed by atoms with Crippen LogP contribution in [0.3, 0.4) is 0 Å². The van der Waals surface area contributed by atoms with E-state index >= 15 is 0 Å². The Kier molecular flexibility index (Phi) is 4.41. The molecule has 2 atom stereocenters. The number of nitro benzene ring substituents is 1. The maximum Gasteiger partial charge on any atom is 0.345 e. The number of rotatable bonds is 4. The Balaban J connectivity index is 2.19. The second-order valence-electron chi connectivity index (χ2n) is 6.21. The first-order valence-electron chi connectivity index (χ1n) is 7.96. The van der Waals surface area contributed by atoms with E-state index in [4.69, 9.17) is 4.74 Å². The molecule has 3 rings (SSSR count). The van der Waals surface area contributed by atoms with Gasteiger partial charge in [-0.05, 0) is 26.3 Å². The van der Waals surface area contributed by atoms with Crippen LogP contribution in [0.1, 0.15) is 32.4 Å². The quantitative estimate of drug-likeness (QED) is 0.502. The van der Waals surface area contributed by atoms with Gasteiger partial charge in [0.2, 0.25) is 0 Å². The number of ether oxygens (including phenoxy) is 1. The van der Waals surface area contributed by atoms with Gasteiger partial charge in [0.25, 0.3) is 11.6 Å². The summed E-state index contributed by atoms with van der Waals surface area (Å²) in [5, 5.41) is 17.3. The Morgan fingerprint density at radius 3 is 2.81 bits per heavy atom. The third kappa shape index (κ3) is 3.01. The van der Waals surface area contributed by atoms with E-state index in [2.05, 4.69) is 15.2 Å². The Morgan fingerprint density at radius 1 is 1.42 bits per heavy atom. The number of H-pyrrole nitrogens is 1. The number of fused-ring (bicyclic) bond motifs is 1. The van der Waals surface area contributed by atoms with E-state index in [1.807, 2.05) is 0 Å². The van der Waals surface area contributed by atoms with Gasteiger partial charge in [-0.3, -0.25) is 19.5 Å². The van der Waals surface area contributed by atoms with E-state index in [0.717, 1.165) is 0 Å². The molecule has 0 saturated carbocycles. The molecule has 136 valence electrons. The lowest BCUT2D eigenvalue weighted by molar-refractivity contribution is -0.384. The van der Waals surface area contributed by atoms with Crippen LogP contribution in [0.25, 0.3) is 0 Å². The van der Waals surface area contributed by atoms with Crippen LogP contribution in [-0.2, 0) is 9.53 Å². The number of nitro groups is 1. The molecule has 10 heteroatoms. The van der Waals surface area contributed by atoms with E-state index in [1.165, 1.54) is 22.8 Å². The standard InChI is InChI=1S/C16H17N5O5/c1-8(2)26-14(22)12-9(3)17-15-18-19-16(23)20(15)13(12)10-5-4-6-11(7-10)21(24)25/h4-8,12-13H,1-3H3,(H,19,23). The van der Waals surface area contributed by atoms with Gasteiger partial charge in [0.1, 0.15) is 5.92 Å². The first-order chi connectivity index (χ1) is 12.3. The van der Waals surface area contributed by atoms with Crippen molar-refractivity contribution >= 4 is 23.3 Å². The molecule has 1 aliphatic rings. The van der Waals surface area contributed by atoms with Crippen LogP contribution >= 0.6 is 0 Å². The minimum absolute atomic E-state index is 0.109. The summed E-state index contributed by atoms with van der Waals surface area (Å²) in [7, 11) is 0. The maximum atomic E-state index is 12.7. The smallest absolute Gasteiger partial charge is 0.345 e. The summed E-state index contributed by atoms with van der Waals surface area (Å²) < 4.78 is 6.54. The fourth-order valence-electron chi connectivity index (χ4n) is 3.00. The summed E-state index contributed by atoms with van der Waals surface area (Å²) >= 11 is 0. The summed E-state index contributed by atoms with van der Waals surface area (Å²) in [4.78, 5) is 39.7. The lowest BCUT2D eigenvalue weighted by Crippen LogP contribution is -2.40. The molecule has 1 aromatic heterocycles. The number of nitrogens with one attached hydrogen (secondary N) is 1. The van der Waals surface area contributed by atoms with Crippen molar-refractivity contribution in [2.75, 3.05) is 0 Å². The molecule has 2 aromatic rings. The van der Waals surface area contributed by atoms with Gasteiger partial charge in [-0.15, -0.1) is 5.10 Å². The molecule has 0 radical (unpaired) electrons. The first-order valence-corrected chi connectivity index (χ1v) is 7.96. The molecule has 0 aliphatic carbocycles. The van der Waals surface area contributed by atoms with E-state index in [0.29, 0.717) is 11.3 Å². The van der Waals surface area contributed by atoms with Crippen LogP contribution in [0.4, 0.5) is 11.6 Å². The molecule has 0 bridgehead atoms. The number of carbonyl (C=O) groups excluding carboxylic acids is 1. The van der Waals surface area contributed by atoms with Crippen molar-refractivity contribution in [2.45, 2.75) is 32.9 Å². The monoisotopic (exact) mass is 359 g/mol.